The Bertz CT molecular complexity index is 2060. The summed E-state index contributed by atoms with van der Waals surface area (Å²) in [6, 6.07) is 45.5. The molecule has 0 amide bonds. The summed E-state index contributed by atoms with van der Waals surface area (Å²) in [5.74, 6) is 0. The van der Waals surface area contributed by atoms with Gasteiger partial charge in [0.2, 0.25) is 0 Å². The maximum absolute atomic E-state index is 6.08. The van der Waals surface area contributed by atoms with Gasteiger partial charge in [0.15, 0.2) is 0 Å². The van der Waals surface area contributed by atoms with Crippen LogP contribution in [0.15, 0.2) is 138 Å². The molecular weight excluding hydrogens is 477 g/mol. The Morgan fingerprint density at radius 1 is 0.513 bits per heavy atom. The topological polar surface area (TPSA) is 24.6 Å². The van der Waals surface area contributed by atoms with Crippen LogP contribution in [0.25, 0.3) is 44.3 Å². The van der Waals surface area contributed by atoms with Gasteiger partial charge >= 0.3 is 7.12 Å². The Morgan fingerprint density at radius 2 is 1.23 bits per heavy atom. The number of nitrogens with zero attached hydrogens (tertiary/aromatic N) is 3. The number of anilines is 4. The lowest BCUT2D eigenvalue weighted by Crippen LogP contribution is -2.51. The highest BCUT2D eigenvalue weighted by atomic mass is 16.3. The van der Waals surface area contributed by atoms with E-state index in [1.165, 1.54) is 45.1 Å². The zero-order valence-corrected chi connectivity index (χ0v) is 21.0. The molecule has 9 rings (SSSR count). The van der Waals surface area contributed by atoms with Crippen LogP contribution in [0, 0.1) is 0 Å². The highest BCUT2D eigenvalue weighted by molar-refractivity contribution is 6.73. The Labute approximate surface area is 226 Å². The van der Waals surface area contributed by atoms with E-state index in [0.29, 0.717) is 0 Å². The van der Waals surface area contributed by atoms with Crippen LogP contribution in [-0.2, 0) is 0 Å². The van der Waals surface area contributed by atoms with E-state index in [0.717, 1.165) is 21.9 Å². The number of hydrogen-bond donors (Lipinski definition) is 0. The Kier molecular flexibility index (Phi) is 4.11. The molecular formula is C34H22BN3O. The largest absolute Gasteiger partial charge is 0.518 e. The van der Waals surface area contributed by atoms with E-state index in [-0.39, 0.29) is 7.12 Å². The van der Waals surface area contributed by atoms with Crippen LogP contribution in [0.3, 0.4) is 0 Å². The third-order valence-electron chi connectivity index (χ3n) is 8.17. The summed E-state index contributed by atoms with van der Waals surface area (Å²) in [4.78, 5) is 4.91. The number of furan rings is 1. The third-order valence-corrected chi connectivity index (χ3v) is 8.17. The van der Waals surface area contributed by atoms with Gasteiger partial charge in [-0.2, -0.15) is 0 Å². The number of fused-ring (bicyclic) bond motifs is 11. The van der Waals surface area contributed by atoms with E-state index in [2.05, 4.69) is 136 Å². The van der Waals surface area contributed by atoms with E-state index in [1.54, 1.807) is 0 Å². The van der Waals surface area contributed by atoms with Crippen LogP contribution < -0.4 is 9.62 Å². The lowest BCUT2D eigenvalue weighted by Gasteiger charge is -2.36. The van der Waals surface area contributed by atoms with Crippen LogP contribution in [0.2, 0.25) is 0 Å². The van der Waals surface area contributed by atoms with E-state index in [4.69, 9.17) is 4.42 Å². The molecule has 0 bridgehead atoms. The quantitative estimate of drug-likeness (QED) is 0.222. The monoisotopic (exact) mass is 499 g/mol. The first-order valence-corrected chi connectivity index (χ1v) is 13.3. The first-order chi connectivity index (χ1) is 19.3. The molecule has 0 aliphatic carbocycles. The maximum Gasteiger partial charge on any atom is 0.518 e. The zero-order valence-electron chi connectivity index (χ0n) is 21.0. The van der Waals surface area contributed by atoms with Gasteiger partial charge in [0.1, 0.15) is 11.2 Å². The van der Waals surface area contributed by atoms with Crippen molar-refractivity contribution in [3.63, 3.8) is 0 Å². The molecule has 5 heteroatoms. The Morgan fingerprint density at radius 3 is 2.13 bits per heavy atom. The molecule has 39 heavy (non-hydrogen) atoms. The SMILES string of the molecule is c1ccc(N2B3N(c4ccc(-c5ccc6oc7ccccc7c6c5)cc4-c4cccn43)c3ccccc32)cc1. The number of aromatic nitrogens is 1. The molecule has 2 aromatic heterocycles. The van der Waals surface area contributed by atoms with Crippen molar-refractivity contribution in [1.82, 2.24) is 4.48 Å². The van der Waals surface area contributed by atoms with Crippen molar-refractivity contribution in [2.45, 2.75) is 0 Å². The molecule has 0 saturated carbocycles. The molecule has 4 heterocycles. The van der Waals surface area contributed by atoms with Crippen LogP contribution in [-0.4, -0.2) is 11.6 Å². The number of para-hydroxylation sites is 4. The summed E-state index contributed by atoms with van der Waals surface area (Å²) in [7, 11) is -0.0122. The molecule has 0 N–H and O–H groups in total. The van der Waals surface area contributed by atoms with Gasteiger partial charge in [-0.3, -0.25) is 0 Å². The van der Waals surface area contributed by atoms with Crippen LogP contribution in [0.4, 0.5) is 22.7 Å². The van der Waals surface area contributed by atoms with E-state index in [9.17, 15) is 0 Å². The molecule has 0 spiro atoms. The lowest BCUT2D eigenvalue weighted by molar-refractivity contribution is 0.669. The molecule has 5 aromatic carbocycles. The van der Waals surface area contributed by atoms with Gasteiger partial charge in [0.05, 0.1) is 11.4 Å². The molecule has 2 aliphatic rings. The Balaban J connectivity index is 1.24. The number of benzene rings is 5. The van der Waals surface area contributed by atoms with E-state index in [1.807, 2.05) is 12.1 Å². The van der Waals surface area contributed by atoms with Crippen LogP contribution in [0.1, 0.15) is 0 Å². The minimum atomic E-state index is -0.0122. The minimum Gasteiger partial charge on any atom is -0.456 e. The lowest BCUT2D eigenvalue weighted by atomic mass is 9.81. The van der Waals surface area contributed by atoms with Crippen molar-refractivity contribution in [2.24, 2.45) is 0 Å². The normalized spacial score (nSPS) is 13.5. The molecule has 4 nitrogen and oxygen atoms in total. The van der Waals surface area contributed by atoms with Gasteiger partial charge in [-0.15, -0.1) is 0 Å². The average Bonchev–Trinajstić information content (AvgIpc) is 3.71. The average molecular weight is 499 g/mol. The zero-order chi connectivity index (χ0) is 25.5. The first-order valence-electron chi connectivity index (χ1n) is 13.3. The molecule has 182 valence electrons. The van der Waals surface area contributed by atoms with Crippen molar-refractivity contribution in [1.29, 1.82) is 0 Å². The summed E-state index contributed by atoms with van der Waals surface area (Å²) in [5.41, 5.74) is 11.5. The second kappa shape index (κ2) is 7.68. The second-order valence-electron chi connectivity index (χ2n) is 10.3. The van der Waals surface area contributed by atoms with Gasteiger partial charge in [0.25, 0.3) is 0 Å². The summed E-state index contributed by atoms with van der Waals surface area (Å²) < 4.78 is 8.48. The van der Waals surface area contributed by atoms with Gasteiger partial charge in [-0.25, -0.2) is 0 Å². The molecule has 0 unspecified atom stereocenters. The highest BCUT2D eigenvalue weighted by Gasteiger charge is 2.48. The first kappa shape index (κ1) is 20.9. The van der Waals surface area contributed by atoms with Crippen molar-refractivity contribution < 1.29 is 4.42 Å². The number of hydrogen-bond acceptors (Lipinski definition) is 3. The summed E-state index contributed by atoms with van der Waals surface area (Å²) >= 11 is 0. The van der Waals surface area contributed by atoms with Crippen LogP contribution >= 0.6 is 0 Å². The predicted molar refractivity (Wildman–Crippen MR) is 161 cm³/mol. The van der Waals surface area contributed by atoms with Gasteiger partial charge < -0.3 is 18.5 Å². The molecule has 7 aromatic rings. The molecule has 0 atom stereocenters. The van der Waals surface area contributed by atoms with E-state index >= 15 is 0 Å². The summed E-state index contributed by atoms with van der Waals surface area (Å²) in [6.07, 6.45) is 2.20. The fourth-order valence-corrected chi connectivity index (χ4v) is 6.46. The van der Waals surface area contributed by atoms with Gasteiger partial charge in [0, 0.05) is 33.4 Å². The second-order valence-corrected chi connectivity index (χ2v) is 10.3. The maximum atomic E-state index is 6.08. The van der Waals surface area contributed by atoms with Crippen molar-refractivity contribution in [3.05, 3.63) is 134 Å². The summed E-state index contributed by atoms with van der Waals surface area (Å²) in [5, 5.41) is 2.30. The van der Waals surface area contributed by atoms with E-state index < -0.39 is 0 Å². The highest BCUT2D eigenvalue weighted by Crippen LogP contribution is 2.52. The number of rotatable bonds is 2. The molecule has 2 aliphatic heterocycles. The third kappa shape index (κ3) is 2.84. The van der Waals surface area contributed by atoms with Gasteiger partial charge in [-0.1, -0.05) is 60.7 Å². The van der Waals surface area contributed by atoms with Crippen molar-refractivity contribution in [3.8, 4) is 22.4 Å². The molecule has 0 saturated heterocycles. The molecule has 0 fully saturated rings. The van der Waals surface area contributed by atoms with Crippen molar-refractivity contribution >= 4 is 51.8 Å². The fraction of sp³-hybridized carbons (Fsp3) is 0. The smallest absolute Gasteiger partial charge is 0.456 e. The van der Waals surface area contributed by atoms with Crippen LogP contribution in [0.5, 0.6) is 0 Å². The fourth-order valence-electron chi connectivity index (χ4n) is 6.46. The minimum absolute atomic E-state index is 0.0122. The molecule has 0 radical (unpaired) electrons. The standard InChI is InChI=1S/C34H22BN3O/c1-2-9-25(10-3-1)37-31-12-5-6-13-32(31)38-30-18-16-23(22-28(30)29-14-8-20-36(29)35(37)38)24-17-19-34-27(21-24)26-11-4-7-15-33(26)39-34/h1-22H. The summed E-state index contributed by atoms with van der Waals surface area (Å²) in [6.45, 7) is 0. The predicted octanol–water partition coefficient (Wildman–Crippen LogP) is 8.86. The van der Waals surface area contributed by atoms with Gasteiger partial charge in [-0.05, 0) is 84.1 Å². The van der Waals surface area contributed by atoms with Crippen molar-refractivity contribution in [2.75, 3.05) is 9.62 Å². The Hall–Kier alpha value is -5.16.